The smallest absolute Gasteiger partial charge is 0.280 e. The average molecular weight is 1140 g/mol. The van der Waals surface area contributed by atoms with Crippen LogP contribution in [0.25, 0.3) is 22.6 Å². The monoisotopic (exact) mass is 1140 g/mol. The number of hydrogen-bond acceptors (Lipinski definition) is 25. The van der Waals surface area contributed by atoms with E-state index < -0.39 is 23.7 Å². The van der Waals surface area contributed by atoms with Crippen molar-refractivity contribution in [3.05, 3.63) is 115 Å². The highest BCUT2D eigenvalue weighted by molar-refractivity contribution is 6.01. The minimum absolute atomic E-state index is 0.201. The molecule has 2 aliphatic rings. The number of amides is 2. The van der Waals surface area contributed by atoms with E-state index in [9.17, 15) is 14.7 Å². The summed E-state index contributed by atoms with van der Waals surface area (Å²) in [6, 6.07) is 15.8. The first-order valence-electron chi connectivity index (χ1n) is 25.9. The van der Waals surface area contributed by atoms with Gasteiger partial charge in [0, 0.05) is 57.9 Å². The quantitative estimate of drug-likeness (QED) is 0.0464. The van der Waals surface area contributed by atoms with Gasteiger partial charge in [0.25, 0.3) is 11.8 Å². The van der Waals surface area contributed by atoms with Gasteiger partial charge in [0.15, 0.2) is 16.9 Å². The van der Waals surface area contributed by atoms with E-state index in [1.807, 2.05) is 50.5 Å². The fourth-order valence-corrected chi connectivity index (χ4v) is 8.02. The molecule has 0 radical (unpaired) electrons. The van der Waals surface area contributed by atoms with Gasteiger partial charge in [-0.3, -0.25) is 25.1 Å². The number of rotatable bonds is 19. The number of fused-ring (bicyclic) bond motifs is 3. The molecule has 9 aromatic heterocycles. The van der Waals surface area contributed by atoms with Crippen molar-refractivity contribution in [1.82, 2.24) is 75.0 Å². The van der Waals surface area contributed by atoms with Gasteiger partial charge in [-0.1, -0.05) is 6.58 Å². The summed E-state index contributed by atoms with van der Waals surface area (Å²) in [5.74, 6) is 4.15. The highest BCUT2D eigenvalue weighted by Gasteiger charge is 2.30. The van der Waals surface area contributed by atoms with E-state index in [0.29, 0.717) is 103 Å². The van der Waals surface area contributed by atoms with Crippen molar-refractivity contribution < 1.29 is 43.7 Å². The van der Waals surface area contributed by atoms with Gasteiger partial charge in [-0.2, -0.15) is 28.8 Å². The summed E-state index contributed by atoms with van der Waals surface area (Å²) >= 11 is 0. The predicted octanol–water partition coefficient (Wildman–Crippen LogP) is 5.19. The third-order valence-corrected chi connectivity index (χ3v) is 12.2. The van der Waals surface area contributed by atoms with E-state index in [-0.39, 0.29) is 30.8 Å². The second kappa shape index (κ2) is 25.5. The van der Waals surface area contributed by atoms with E-state index in [0.717, 1.165) is 12.8 Å². The minimum atomic E-state index is -0.737. The SMILES string of the molecule is C=C(NO)c1cnn2c(NC)cc(Nc3cccnc3OC)nc12.CNc1cc(Nc2cccnc2OC)nc2c(C(=O)NOC(C)(C)C)cnn12.CNc1cc(Nc2cccnc2OC2CC2)nc2c(C(=O)N[C@H]3COC[C@H]3O)cnn12. The third kappa shape index (κ3) is 13.5. The van der Waals surface area contributed by atoms with Gasteiger partial charge in [0.1, 0.15) is 69.2 Å². The van der Waals surface area contributed by atoms with Crippen molar-refractivity contribution >= 4 is 86.4 Å². The Balaban J connectivity index is 0.000000151. The Morgan fingerprint density at radius 2 is 1.08 bits per heavy atom. The summed E-state index contributed by atoms with van der Waals surface area (Å²) < 4.78 is 26.3. The summed E-state index contributed by atoms with van der Waals surface area (Å²) in [7, 11) is 8.39. The molecule has 11 N–H and O–H groups in total. The first-order chi connectivity index (χ1) is 40.1. The van der Waals surface area contributed by atoms with E-state index in [1.165, 1.54) is 24.0 Å². The zero-order chi connectivity index (χ0) is 58.8. The van der Waals surface area contributed by atoms with Gasteiger partial charge < -0.3 is 61.3 Å². The molecule has 0 aromatic carbocycles. The van der Waals surface area contributed by atoms with Crippen LogP contribution in [-0.2, 0) is 9.57 Å². The Kier molecular flexibility index (Phi) is 17.7. The molecule has 2 fully saturated rings. The molecule has 0 bridgehead atoms. The van der Waals surface area contributed by atoms with Crippen LogP contribution < -0.4 is 62.4 Å². The van der Waals surface area contributed by atoms with Crippen LogP contribution in [0, 0.1) is 0 Å². The second-order valence-corrected chi connectivity index (χ2v) is 19.3. The molecule has 1 saturated carbocycles. The number of nitrogens with one attached hydrogen (secondary N) is 9. The van der Waals surface area contributed by atoms with Crippen molar-refractivity contribution in [3.63, 3.8) is 0 Å². The molecule has 0 unspecified atom stereocenters. The van der Waals surface area contributed by atoms with Gasteiger partial charge in [-0.05, 0) is 70.0 Å². The Morgan fingerprint density at radius 1 is 0.651 bits per heavy atom. The summed E-state index contributed by atoms with van der Waals surface area (Å²) in [4.78, 5) is 57.0. The number of anilines is 9. The molecule has 83 heavy (non-hydrogen) atoms. The number of aliphatic hydroxyl groups is 1. The lowest BCUT2D eigenvalue weighted by Crippen LogP contribution is -2.42. The van der Waals surface area contributed by atoms with Gasteiger partial charge in [0.2, 0.25) is 17.6 Å². The third-order valence-electron chi connectivity index (χ3n) is 12.2. The molecular weight excluding hydrogens is 1070 g/mol. The molecule has 1 aliphatic carbocycles. The number of aromatic nitrogens is 12. The second-order valence-electron chi connectivity index (χ2n) is 19.3. The molecule has 1 saturated heterocycles. The number of methoxy groups -OCH3 is 2. The average Bonchev–Trinajstić information content (AvgIpc) is 3.93. The molecule has 0 spiro atoms. The van der Waals surface area contributed by atoms with Crippen molar-refractivity contribution in [2.24, 2.45) is 0 Å². The number of aliphatic hydroxyl groups excluding tert-OH is 1. The predicted molar refractivity (Wildman–Crippen MR) is 307 cm³/mol. The zero-order valence-corrected chi connectivity index (χ0v) is 46.5. The van der Waals surface area contributed by atoms with E-state index >= 15 is 0 Å². The van der Waals surface area contributed by atoms with Crippen molar-refractivity contribution in [1.29, 1.82) is 0 Å². The van der Waals surface area contributed by atoms with Crippen LogP contribution in [0.4, 0.5) is 52.0 Å². The van der Waals surface area contributed by atoms with Crippen LogP contribution in [0.15, 0.2) is 98.4 Å². The maximum Gasteiger partial charge on any atom is 0.280 e. The van der Waals surface area contributed by atoms with E-state index in [1.54, 1.807) is 92.4 Å². The number of pyridine rings is 3. The Labute approximate surface area is 474 Å². The highest BCUT2D eigenvalue weighted by Crippen LogP contribution is 2.33. The normalized spacial score (nSPS) is 14.5. The molecule has 1 aliphatic heterocycles. The van der Waals surface area contributed by atoms with Gasteiger partial charge in [0.05, 0.1) is 75.0 Å². The summed E-state index contributed by atoms with van der Waals surface area (Å²) in [6.07, 6.45) is 11.0. The summed E-state index contributed by atoms with van der Waals surface area (Å²) in [5, 5.41) is 53.3. The zero-order valence-electron chi connectivity index (χ0n) is 46.5. The topological polar surface area (TPSA) is 358 Å². The number of carbonyl (C=O) groups is 2. The maximum atomic E-state index is 12.8. The van der Waals surface area contributed by atoms with Crippen LogP contribution in [0.2, 0.25) is 0 Å². The number of nitrogens with zero attached hydrogens (tertiary/aromatic N) is 12. The van der Waals surface area contributed by atoms with Crippen LogP contribution in [0.3, 0.4) is 0 Å². The van der Waals surface area contributed by atoms with Crippen LogP contribution >= 0.6 is 0 Å². The molecule has 10 heterocycles. The number of ether oxygens (including phenoxy) is 4. The number of carbonyl (C=O) groups excluding carboxylic acids is 2. The molecule has 2 atom stereocenters. The standard InChI is InChI=1S/C20H23N7O4.C18H23N7O3.C15H17N7O2/c1-21-17-7-16(24-13-3-2-6-22-20(13)31-11-4-5-11)26-18-12(8-23-27(17)18)19(29)25-14-9-30-10-15(14)28;1-18(2,3)28-24-16(26)11-10-21-25-14(19-4)9-13(23-15(11)25)22-12-7-6-8-20-17(12)27-5;1-9(21-23)10-8-18-22-13(16-2)7-12(20-14(10)22)19-11-5-4-6-17-15(11)24-3/h2-3,6-8,11,14-15,21,28H,4-5,9-10H2,1H3,(H,24,26)(H,25,29);6-10,19H,1-5H3,(H,22,23)(H,24,26);4-8,16,21,23H,1H2,2-3H3,(H,19,20)/t14-,15+;;/m0../s1. The van der Waals surface area contributed by atoms with E-state index in [2.05, 4.69) is 94.5 Å². The highest BCUT2D eigenvalue weighted by atomic mass is 16.7. The first-order valence-corrected chi connectivity index (χ1v) is 25.9. The number of hydrogen-bond donors (Lipinski definition) is 11. The van der Waals surface area contributed by atoms with Crippen molar-refractivity contribution in [3.8, 4) is 17.6 Å². The molecule has 9 aromatic rings. The maximum absolute atomic E-state index is 12.8. The fourth-order valence-electron chi connectivity index (χ4n) is 8.02. The van der Waals surface area contributed by atoms with Gasteiger partial charge >= 0.3 is 0 Å². The Bertz CT molecular complexity index is 3770. The summed E-state index contributed by atoms with van der Waals surface area (Å²) in [5.41, 5.74) is 8.67. The Hall–Kier alpha value is -10.2. The van der Waals surface area contributed by atoms with Crippen LogP contribution in [0.5, 0.6) is 17.6 Å². The lowest BCUT2D eigenvalue weighted by Gasteiger charge is -2.18. The van der Waals surface area contributed by atoms with Gasteiger partial charge in [-0.25, -0.2) is 35.4 Å². The lowest BCUT2D eigenvalue weighted by molar-refractivity contribution is -0.0589. The summed E-state index contributed by atoms with van der Waals surface area (Å²) in [6.45, 7) is 9.71. The molecule has 2 amide bonds. The molecular formula is C53H63N21O9. The fraction of sp³-hybridized carbons (Fsp3) is 0.302. The van der Waals surface area contributed by atoms with Crippen LogP contribution in [-0.4, -0.2) is 153 Å². The minimum Gasteiger partial charge on any atom is -0.480 e. The van der Waals surface area contributed by atoms with Crippen molar-refractivity contribution in [2.75, 3.05) is 80.5 Å². The van der Waals surface area contributed by atoms with Crippen molar-refractivity contribution in [2.45, 2.75) is 57.5 Å². The Morgan fingerprint density at radius 3 is 1.49 bits per heavy atom. The number of hydroxylamine groups is 2. The first kappa shape index (κ1) is 57.5. The molecule has 30 heteroatoms. The molecule has 11 rings (SSSR count). The van der Waals surface area contributed by atoms with Crippen LogP contribution in [0.1, 0.15) is 59.9 Å². The molecule has 30 nitrogen and oxygen atoms in total. The lowest BCUT2D eigenvalue weighted by atomic mass is 10.2. The largest absolute Gasteiger partial charge is 0.480 e. The van der Waals surface area contributed by atoms with Gasteiger partial charge in [-0.15, -0.1) is 0 Å². The molecule has 434 valence electrons. The van der Waals surface area contributed by atoms with E-state index in [4.69, 9.17) is 29.0 Å².